The first-order valence-corrected chi connectivity index (χ1v) is 12.6. The average molecular weight is 449 g/mol. The van der Waals surface area contributed by atoms with Gasteiger partial charge in [-0.15, -0.1) is 0 Å². The molecule has 0 radical (unpaired) electrons. The van der Waals surface area contributed by atoms with Crippen LogP contribution in [0.1, 0.15) is 37.7 Å². The SMILES string of the molecule is O=C(CCc1ccccc1)N1CCC2(CC1)C[C@H](N1CCN(c3ccccn3)CC1)CCO2. The molecule has 0 aliphatic carbocycles. The molecule has 0 N–H and O–H groups in total. The van der Waals surface area contributed by atoms with Crippen LogP contribution in [0.2, 0.25) is 0 Å². The predicted octanol–water partition coefficient (Wildman–Crippen LogP) is 3.38. The molecule has 3 aliphatic rings. The molecule has 176 valence electrons. The number of amides is 1. The van der Waals surface area contributed by atoms with Crippen molar-refractivity contribution in [1.82, 2.24) is 14.8 Å². The molecule has 1 atom stereocenters. The summed E-state index contributed by atoms with van der Waals surface area (Å²) in [5, 5.41) is 0. The van der Waals surface area contributed by atoms with Crippen LogP contribution >= 0.6 is 0 Å². The summed E-state index contributed by atoms with van der Waals surface area (Å²) in [6.45, 7) is 6.73. The summed E-state index contributed by atoms with van der Waals surface area (Å²) in [7, 11) is 0. The Bertz CT molecular complexity index is 891. The van der Waals surface area contributed by atoms with E-state index in [0.717, 1.165) is 83.8 Å². The number of likely N-dealkylation sites (tertiary alicyclic amines) is 1. The largest absolute Gasteiger partial charge is 0.375 e. The second kappa shape index (κ2) is 10.2. The fraction of sp³-hybridized carbons (Fsp3) is 0.556. The molecule has 0 unspecified atom stereocenters. The summed E-state index contributed by atoms with van der Waals surface area (Å²) in [5.41, 5.74) is 1.19. The topological polar surface area (TPSA) is 48.9 Å². The lowest BCUT2D eigenvalue weighted by Gasteiger charge is -2.49. The lowest BCUT2D eigenvalue weighted by Crippen LogP contribution is -2.57. The van der Waals surface area contributed by atoms with Gasteiger partial charge < -0.3 is 14.5 Å². The van der Waals surface area contributed by atoms with Crippen molar-refractivity contribution in [3.63, 3.8) is 0 Å². The quantitative estimate of drug-likeness (QED) is 0.702. The van der Waals surface area contributed by atoms with Crippen molar-refractivity contribution < 1.29 is 9.53 Å². The molecule has 1 spiro atoms. The molecule has 1 aromatic heterocycles. The van der Waals surface area contributed by atoms with Crippen molar-refractivity contribution in [3.05, 3.63) is 60.3 Å². The molecular weight excluding hydrogens is 412 g/mol. The van der Waals surface area contributed by atoms with Gasteiger partial charge in [-0.3, -0.25) is 9.69 Å². The van der Waals surface area contributed by atoms with Gasteiger partial charge in [-0.1, -0.05) is 36.4 Å². The number of benzene rings is 1. The number of piperidine rings is 1. The highest BCUT2D eigenvalue weighted by atomic mass is 16.5. The summed E-state index contributed by atoms with van der Waals surface area (Å²) in [6, 6.07) is 17.0. The second-order valence-corrected chi connectivity index (χ2v) is 9.76. The van der Waals surface area contributed by atoms with E-state index in [0.29, 0.717) is 12.5 Å². The summed E-state index contributed by atoms with van der Waals surface area (Å²) in [6.07, 6.45) is 7.45. The van der Waals surface area contributed by atoms with Crippen molar-refractivity contribution >= 4 is 11.7 Å². The van der Waals surface area contributed by atoms with Gasteiger partial charge in [0.15, 0.2) is 0 Å². The number of hydrogen-bond acceptors (Lipinski definition) is 5. The number of aromatic nitrogens is 1. The number of ether oxygens (including phenoxy) is 1. The van der Waals surface area contributed by atoms with Crippen LogP contribution in [0, 0.1) is 0 Å². The molecule has 1 aromatic carbocycles. The van der Waals surface area contributed by atoms with Crippen molar-refractivity contribution in [2.75, 3.05) is 50.8 Å². The van der Waals surface area contributed by atoms with E-state index in [2.05, 4.69) is 43.9 Å². The molecular formula is C27H36N4O2. The lowest BCUT2D eigenvalue weighted by molar-refractivity contribution is -0.149. The van der Waals surface area contributed by atoms with E-state index < -0.39 is 0 Å². The summed E-state index contributed by atoms with van der Waals surface area (Å²) < 4.78 is 6.39. The Morgan fingerprint density at radius 1 is 0.970 bits per heavy atom. The first-order chi connectivity index (χ1) is 16.2. The molecule has 3 fully saturated rings. The minimum Gasteiger partial charge on any atom is -0.375 e. The third kappa shape index (κ3) is 5.39. The number of anilines is 1. The molecule has 1 amide bonds. The van der Waals surface area contributed by atoms with E-state index in [-0.39, 0.29) is 11.5 Å². The van der Waals surface area contributed by atoms with Gasteiger partial charge in [-0.2, -0.15) is 0 Å². The van der Waals surface area contributed by atoms with Gasteiger partial charge in [-0.25, -0.2) is 4.98 Å². The maximum absolute atomic E-state index is 12.8. The van der Waals surface area contributed by atoms with Crippen molar-refractivity contribution in [1.29, 1.82) is 0 Å². The van der Waals surface area contributed by atoms with E-state index in [1.807, 2.05) is 30.5 Å². The smallest absolute Gasteiger partial charge is 0.222 e. The fourth-order valence-corrected chi connectivity index (χ4v) is 5.74. The van der Waals surface area contributed by atoms with Crippen LogP contribution in [0.3, 0.4) is 0 Å². The first-order valence-electron chi connectivity index (χ1n) is 12.6. The monoisotopic (exact) mass is 448 g/mol. The van der Waals surface area contributed by atoms with Crippen LogP contribution in [0.15, 0.2) is 54.7 Å². The fourth-order valence-electron chi connectivity index (χ4n) is 5.74. The molecule has 5 rings (SSSR count). The van der Waals surface area contributed by atoms with Gasteiger partial charge in [0, 0.05) is 64.5 Å². The molecule has 3 saturated heterocycles. The Hall–Kier alpha value is -2.44. The average Bonchev–Trinajstić information content (AvgIpc) is 2.89. The number of hydrogen-bond donors (Lipinski definition) is 0. The zero-order valence-electron chi connectivity index (χ0n) is 19.6. The number of nitrogens with zero attached hydrogens (tertiary/aromatic N) is 4. The van der Waals surface area contributed by atoms with E-state index >= 15 is 0 Å². The maximum Gasteiger partial charge on any atom is 0.222 e. The lowest BCUT2D eigenvalue weighted by atomic mass is 9.81. The highest BCUT2D eigenvalue weighted by Gasteiger charge is 2.42. The molecule has 33 heavy (non-hydrogen) atoms. The standard InChI is InChI=1S/C27H36N4O2/c32-26(10-9-23-6-2-1-3-7-23)31-15-12-27(13-16-31)22-24(11-21-33-27)29-17-19-30(20-18-29)25-8-4-5-14-28-25/h1-8,14,24H,9-13,15-22H2/t24-/m1/s1. The zero-order valence-corrected chi connectivity index (χ0v) is 19.6. The van der Waals surface area contributed by atoms with E-state index in [9.17, 15) is 4.79 Å². The van der Waals surface area contributed by atoms with Gasteiger partial charge in [-0.05, 0) is 49.8 Å². The van der Waals surface area contributed by atoms with Crippen LogP contribution in [-0.2, 0) is 16.0 Å². The number of piperazine rings is 1. The van der Waals surface area contributed by atoms with Gasteiger partial charge in [0.1, 0.15) is 5.82 Å². The molecule has 0 saturated carbocycles. The number of pyridine rings is 1. The second-order valence-electron chi connectivity index (χ2n) is 9.76. The van der Waals surface area contributed by atoms with Gasteiger partial charge in [0.25, 0.3) is 0 Å². The molecule has 6 heteroatoms. The third-order valence-electron chi connectivity index (χ3n) is 7.77. The molecule has 6 nitrogen and oxygen atoms in total. The molecule has 4 heterocycles. The van der Waals surface area contributed by atoms with Crippen molar-refractivity contribution in [2.24, 2.45) is 0 Å². The normalized spacial score (nSPS) is 23.6. The van der Waals surface area contributed by atoms with Crippen LogP contribution in [0.25, 0.3) is 0 Å². The van der Waals surface area contributed by atoms with Gasteiger partial charge >= 0.3 is 0 Å². The summed E-state index contributed by atoms with van der Waals surface area (Å²) in [4.78, 5) is 24.4. The highest BCUT2D eigenvalue weighted by Crippen LogP contribution is 2.37. The Morgan fingerprint density at radius 3 is 2.45 bits per heavy atom. The van der Waals surface area contributed by atoms with E-state index in [1.165, 1.54) is 5.56 Å². The van der Waals surface area contributed by atoms with Crippen LogP contribution in [-0.4, -0.2) is 78.2 Å². The minimum absolute atomic E-state index is 0.0444. The van der Waals surface area contributed by atoms with Crippen LogP contribution in [0.5, 0.6) is 0 Å². The van der Waals surface area contributed by atoms with Gasteiger partial charge in [0.2, 0.25) is 5.91 Å². The van der Waals surface area contributed by atoms with E-state index in [1.54, 1.807) is 0 Å². The number of carbonyl (C=O) groups is 1. The number of carbonyl (C=O) groups excluding carboxylic acids is 1. The number of aryl methyl sites for hydroxylation is 1. The molecule has 2 aromatic rings. The van der Waals surface area contributed by atoms with Crippen LogP contribution < -0.4 is 4.90 Å². The number of rotatable bonds is 5. The Morgan fingerprint density at radius 2 is 1.73 bits per heavy atom. The summed E-state index contributed by atoms with van der Waals surface area (Å²) in [5.74, 6) is 1.37. The van der Waals surface area contributed by atoms with Crippen molar-refractivity contribution in [3.8, 4) is 0 Å². The minimum atomic E-state index is -0.0444. The zero-order chi connectivity index (χ0) is 22.5. The maximum atomic E-state index is 12.8. The Kier molecular flexibility index (Phi) is 6.93. The summed E-state index contributed by atoms with van der Waals surface area (Å²) >= 11 is 0. The molecule has 3 aliphatic heterocycles. The predicted molar refractivity (Wildman–Crippen MR) is 130 cm³/mol. The Balaban J connectivity index is 1.10. The van der Waals surface area contributed by atoms with Crippen LogP contribution in [0.4, 0.5) is 5.82 Å². The Labute approximate surface area is 197 Å². The van der Waals surface area contributed by atoms with E-state index in [4.69, 9.17) is 4.74 Å². The van der Waals surface area contributed by atoms with Crippen molar-refractivity contribution in [2.45, 2.75) is 50.2 Å². The highest BCUT2D eigenvalue weighted by molar-refractivity contribution is 5.76. The van der Waals surface area contributed by atoms with Gasteiger partial charge in [0.05, 0.1) is 5.60 Å². The third-order valence-corrected chi connectivity index (χ3v) is 7.77. The first kappa shape index (κ1) is 22.4. The molecule has 0 bridgehead atoms.